The SMILES string of the molecule is Cn1cc(OCc2ccc(F)cc2Cl)cn1. The molecule has 3 nitrogen and oxygen atoms in total. The summed E-state index contributed by atoms with van der Waals surface area (Å²) in [7, 11) is 1.80. The number of hydrogen-bond acceptors (Lipinski definition) is 2. The molecule has 1 aromatic carbocycles. The Kier molecular flexibility index (Phi) is 3.10. The molecule has 0 aliphatic rings. The number of benzene rings is 1. The van der Waals surface area contributed by atoms with Crippen LogP contribution in [0.2, 0.25) is 5.02 Å². The van der Waals surface area contributed by atoms with Crippen LogP contribution >= 0.6 is 11.6 Å². The minimum absolute atomic E-state index is 0.296. The Hall–Kier alpha value is -1.55. The molecule has 0 bridgehead atoms. The van der Waals surface area contributed by atoms with Crippen LogP contribution in [-0.2, 0) is 13.7 Å². The second-order valence-electron chi connectivity index (χ2n) is 3.37. The Morgan fingerprint density at radius 3 is 2.94 bits per heavy atom. The van der Waals surface area contributed by atoms with Crippen LogP contribution in [0.15, 0.2) is 30.6 Å². The summed E-state index contributed by atoms with van der Waals surface area (Å²) in [6, 6.07) is 4.23. The van der Waals surface area contributed by atoms with Crippen LogP contribution in [0, 0.1) is 5.82 Å². The minimum atomic E-state index is -0.352. The minimum Gasteiger partial charge on any atom is -0.486 e. The molecule has 0 saturated carbocycles. The average molecular weight is 241 g/mol. The van der Waals surface area contributed by atoms with Gasteiger partial charge in [-0.15, -0.1) is 0 Å². The van der Waals surface area contributed by atoms with Gasteiger partial charge in [0, 0.05) is 12.6 Å². The summed E-state index contributed by atoms with van der Waals surface area (Å²) in [5.74, 6) is 0.304. The Balaban J connectivity index is 2.04. The van der Waals surface area contributed by atoms with Crippen LogP contribution in [-0.4, -0.2) is 9.78 Å². The van der Waals surface area contributed by atoms with Crippen molar-refractivity contribution >= 4 is 11.6 Å². The smallest absolute Gasteiger partial charge is 0.157 e. The molecule has 0 aliphatic heterocycles. The van der Waals surface area contributed by atoms with E-state index in [0.29, 0.717) is 17.4 Å². The van der Waals surface area contributed by atoms with Gasteiger partial charge in [-0.1, -0.05) is 17.7 Å². The third-order valence-electron chi connectivity index (χ3n) is 2.09. The molecule has 2 rings (SSSR count). The van der Waals surface area contributed by atoms with Crippen LogP contribution in [0.4, 0.5) is 4.39 Å². The van der Waals surface area contributed by atoms with Crippen molar-refractivity contribution in [2.75, 3.05) is 0 Å². The number of ether oxygens (including phenoxy) is 1. The molecule has 0 saturated heterocycles. The number of hydrogen-bond donors (Lipinski definition) is 0. The van der Waals surface area contributed by atoms with Gasteiger partial charge in [-0.2, -0.15) is 5.10 Å². The predicted octanol–water partition coefficient (Wildman–Crippen LogP) is 2.79. The van der Waals surface area contributed by atoms with E-state index in [4.69, 9.17) is 16.3 Å². The molecule has 0 fully saturated rings. The molecule has 0 spiro atoms. The third kappa shape index (κ3) is 2.52. The van der Waals surface area contributed by atoms with Crippen molar-refractivity contribution in [3.8, 4) is 5.75 Å². The molecular weight excluding hydrogens is 231 g/mol. The zero-order valence-electron chi connectivity index (χ0n) is 8.65. The van der Waals surface area contributed by atoms with Crippen molar-refractivity contribution < 1.29 is 9.13 Å². The zero-order chi connectivity index (χ0) is 11.5. The Morgan fingerprint density at radius 2 is 2.31 bits per heavy atom. The number of rotatable bonds is 3. The summed E-state index contributed by atoms with van der Waals surface area (Å²) in [6.45, 7) is 0.296. The maximum atomic E-state index is 12.8. The standard InChI is InChI=1S/C11H10ClFN2O/c1-15-6-10(5-14-15)16-7-8-2-3-9(13)4-11(8)12/h2-6H,7H2,1H3. The van der Waals surface area contributed by atoms with Gasteiger partial charge in [0.1, 0.15) is 12.4 Å². The van der Waals surface area contributed by atoms with Crippen molar-refractivity contribution in [1.29, 1.82) is 0 Å². The van der Waals surface area contributed by atoms with E-state index < -0.39 is 0 Å². The van der Waals surface area contributed by atoms with Gasteiger partial charge in [0.25, 0.3) is 0 Å². The monoisotopic (exact) mass is 240 g/mol. The van der Waals surface area contributed by atoms with Crippen LogP contribution in [0.25, 0.3) is 0 Å². The number of aryl methyl sites for hydroxylation is 1. The highest BCUT2D eigenvalue weighted by molar-refractivity contribution is 6.31. The first kappa shape index (κ1) is 11.0. The number of aromatic nitrogens is 2. The first-order valence-electron chi connectivity index (χ1n) is 4.70. The van der Waals surface area contributed by atoms with Gasteiger partial charge < -0.3 is 4.74 Å². The van der Waals surface area contributed by atoms with Crippen LogP contribution in [0.5, 0.6) is 5.75 Å². The first-order chi connectivity index (χ1) is 7.65. The van der Waals surface area contributed by atoms with E-state index in [9.17, 15) is 4.39 Å². The molecule has 2 aromatic rings. The normalized spacial score (nSPS) is 10.4. The predicted molar refractivity (Wildman–Crippen MR) is 59.0 cm³/mol. The van der Waals surface area contributed by atoms with E-state index in [2.05, 4.69) is 5.10 Å². The topological polar surface area (TPSA) is 27.1 Å². The summed E-state index contributed by atoms with van der Waals surface area (Å²) in [6.07, 6.45) is 3.36. The molecule has 1 heterocycles. The second-order valence-corrected chi connectivity index (χ2v) is 3.78. The summed E-state index contributed by atoms with van der Waals surface area (Å²) >= 11 is 5.86. The molecule has 0 N–H and O–H groups in total. The molecule has 5 heteroatoms. The van der Waals surface area contributed by atoms with Gasteiger partial charge in [0.05, 0.1) is 17.4 Å². The third-order valence-corrected chi connectivity index (χ3v) is 2.44. The maximum Gasteiger partial charge on any atom is 0.157 e. The average Bonchev–Trinajstić information content (AvgIpc) is 2.63. The lowest BCUT2D eigenvalue weighted by atomic mass is 10.2. The molecule has 1 aromatic heterocycles. The lowest BCUT2D eigenvalue weighted by Crippen LogP contribution is -1.96. The quantitative estimate of drug-likeness (QED) is 0.825. The van der Waals surface area contributed by atoms with Gasteiger partial charge in [0.2, 0.25) is 0 Å². The highest BCUT2D eigenvalue weighted by Gasteiger charge is 2.03. The summed E-state index contributed by atoms with van der Waals surface area (Å²) < 4.78 is 19.9. The zero-order valence-corrected chi connectivity index (χ0v) is 9.41. The highest BCUT2D eigenvalue weighted by Crippen LogP contribution is 2.19. The summed E-state index contributed by atoms with van der Waals surface area (Å²) in [5, 5.41) is 4.33. The molecule has 0 atom stereocenters. The molecule has 0 aliphatic carbocycles. The number of nitrogens with zero attached hydrogens (tertiary/aromatic N) is 2. The van der Waals surface area contributed by atoms with E-state index in [-0.39, 0.29) is 5.82 Å². The van der Waals surface area contributed by atoms with E-state index in [0.717, 1.165) is 5.56 Å². The molecule has 0 radical (unpaired) electrons. The van der Waals surface area contributed by atoms with E-state index in [1.165, 1.54) is 12.1 Å². The van der Waals surface area contributed by atoms with Crippen LogP contribution in [0.1, 0.15) is 5.56 Å². The van der Waals surface area contributed by atoms with Gasteiger partial charge in [-0.05, 0) is 12.1 Å². The molecular formula is C11H10ClFN2O. The Morgan fingerprint density at radius 1 is 1.50 bits per heavy atom. The van der Waals surface area contributed by atoms with E-state index in [1.54, 1.807) is 30.2 Å². The molecule has 0 amide bonds. The van der Waals surface area contributed by atoms with Gasteiger partial charge in [-0.25, -0.2) is 4.39 Å². The van der Waals surface area contributed by atoms with Gasteiger partial charge in [-0.3, -0.25) is 4.68 Å². The maximum absolute atomic E-state index is 12.8. The fourth-order valence-corrected chi connectivity index (χ4v) is 1.49. The van der Waals surface area contributed by atoms with Crippen molar-refractivity contribution in [3.63, 3.8) is 0 Å². The van der Waals surface area contributed by atoms with E-state index >= 15 is 0 Å². The fraction of sp³-hybridized carbons (Fsp3) is 0.182. The molecule has 0 unspecified atom stereocenters. The van der Waals surface area contributed by atoms with Crippen LogP contribution in [0.3, 0.4) is 0 Å². The highest BCUT2D eigenvalue weighted by atomic mass is 35.5. The largest absolute Gasteiger partial charge is 0.486 e. The first-order valence-corrected chi connectivity index (χ1v) is 5.08. The van der Waals surface area contributed by atoms with Gasteiger partial charge >= 0.3 is 0 Å². The molecule has 84 valence electrons. The van der Waals surface area contributed by atoms with Crippen LogP contribution < -0.4 is 4.74 Å². The Bertz CT molecular complexity index is 498. The van der Waals surface area contributed by atoms with Crippen molar-refractivity contribution in [2.45, 2.75) is 6.61 Å². The summed E-state index contributed by atoms with van der Waals surface area (Å²) in [4.78, 5) is 0. The lowest BCUT2D eigenvalue weighted by Gasteiger charge is -2.05. The fourth-order valence-electron chi connectivity index (χ4n) is 1.27. The molecule has 16 heavy (non-hydrogen) atoms. The van der Waals surface area contributed by atoms with Crippen molar-refractivity contribution in [2.24, 2.45) is 7.05 Å². The summed E-state index contributed by atoms with van der Waals surface area (Å²) in [5.41, 5.74) is 0.743. The van der Waals surface area contributed by atoms with E-state index in [1.807, 2.05) is 0 Å². The van der Waals surface area contributed by atoms with Crippen molar-refractivity contribution in [1.82, 2.24) is 9.78 Å². The second kappa shape index (κ2) is 4.53. The van der Waals surface area contributed by atoms with Gasteiger partial charge in [0.15, 0.2) is 5.75 Å². The lowest BCUT2D eigenvalue weighted by molar-refractivity contribution is 0.306. The Labute approximate surface area is 97.4 Å². The van der Waals surface area contributed by atoms with Crippen molar-refractivity contribution in [3.05, 3.63) is 47.0 Å². The number of halogens is 2.